The summed E-state index contributed by atoms with van der Waals surface area (Å²) in [5.41, 5.74) is 2.81. The van der Waals surface area contributed by atoms with Gasteiger partial charge in [0.1, 0.15) is 5.75 Å². The van der Waals surface area contributed by atoms with Crippen molar-refractivity contribution in [1.82, 2.24) is 20.1 Å². The van der Waals surface area contributed by atoms with E-state index in [4.69, 9.17) is 4.74 Å². The van der Waals surface area contributed by atoms with Gasteiger partial charge in [-0.1, -0.05) is 0 Å². The van der Waals surface area contributed by atoms with Gasteiger partial charge in [0.25, 0.3) is 5.91 Å². The van der Waals surface area contributed by atoms with Crippen LogP contribution in [0.2, 0.25) is 0 Å². The van der Waals surface area contributed by atoms with Crippen molar-refractivity contribution in [3.05, 3.63) is 60.6 Å². The molecule has 4 rings (SSSR count). The van der Waals surface area contributed by atoms with Gasteiger partial charge in [-0.2, -0.15) is 5.10 Å². The first-order chi connectivity index (χ1) is 14.6. The molecule has 8 heteroatoms. The molecule has 0 unspecified atom stereocenters. The Balaban J connectivity index is 1.32. The Morgan fingerprint density at radius 3 is 2.47 bits per heavy atom. The first kappa shape index (κ1) is 19.6. The van der Waals surface area contributed by atoms with Crippen LogP contribution in [0.15, 0.2) is 54.9 Å². The second kappa shape index (κ2) is 8.77. The summed E-state index contributed by atoms with van der Waals surface area (Å²) >= 11 is 0. The molecular formula is C22H23N5O3. The van der Waals surface area contributed by atoms with Gasteiger partial charge < -0.3 is 15.0 Å². The predicted octanol–water partition coefficient (Wildman–Crippen LogP) is 2.97. The van der Waals surface area contributed by atoms with E-state index in [2.05, 4.69) is 20.5 Å². The molecule has 0 aliphatic carbocycles. The Kier molecular flexibility index (Phi) is 5.74. The minimum atomic E-state index is -0.124. The van der Waals surface area contributed by atoms with E-state index >= 15 is 0 Å². The van der Waals surface area contributed by atoms with Crippen molar-refractivity contribution < 1.29 is 14.3 Å². The van der Waals surface area contributed by atoms with Crippen molar-refractivity contribution in [2.75, 3.05) is 25.5 Å². The average Bonchev–Trinajstić information content (AvgIpc) is 3.30. The van der Waals surface area contributed by atoms with Gasteiger partial charge in [-0.3, -0.25) is 19.7 Å². The number of pyridine rings is 1. The highest BCUT2D eigenvalue weighted by Gasteiger charge is 2.29. The molecule has 0 saturated carbocycles. The number of aromatic nitrogens is 3. The summed E-state index contributed by atoms with van der Waals surface area (Å²) in [6.07, 6.45) is 4.63. The van der Waals surface area contributed by atoms with Gasteiger partial charge >= 0.3 is 0 Å². The van der Waals surface area contributed by atoms with Crippen LogP contribution in [0.5, 0.6) is 5.75 Å². The number of methoxy groups -OCH3 is 1. The number of ether oxygens (including phenoxy) is 1. The zero-order valence-electron chi connectivity index (χ0n) is 16.7. The summed E-state index contributed by atoms with van der Waals surface area (Å²) in [4.78, 5) is 31.1. The van der Waals surface area contributed by atoms with E-state index in [0.29, 0.717) is 31.6 Å². The number of H-pyrrole nitrogens is 1. The fraction of sp³-hybridized carbons (Fsp3) is 0.273. The minimum absolute atomic E-state index is 0.0213. The van der Waals surface area contributed by atoms with Crippen LogP contribution in [0, 0.1) is 5.92 Å². The summed E-state index contributed by atoms with van der Waals surface area (Å²) in [6.45, 7) is 1.05. The lowest BCUT2D eigenvalue weighted by Gasteiger charge is -2.30. The van der Waals surface area contributed by atoms with Crippen LogP contribution >= 0.6 is 0 Å². The number of nitrogens with zero attached hydrogens (tertiary/aromatic N) is 3. The van der Waals surface area contributed by atoms with Gasteiger partial charge in [-0.15, -0.1) is 0 Å². The fourth-order valence-electron chi connectivity index (χ4n) is 3.54. The van der Waals surface area contributed by atoms with Crippen LogP contribution in [-0.4, -0.2) is 52.1 Å². The third-order valence-electron chi connectivity index (χ3n) is 5.30. The van der Waals surface area contributed by atoms with E-state index in [1.807, 2.05) is 24.3 Å². The smallest absolute Gasteiger partial charge is 0.274 e. The lowest BCUT2D eigenvalue weighted by Crippen LogP contribution is -2.41. The summed E-state index contributed by atoms with van der Waals surface area (Å²) < 4.78 is 5.13. The lowest BCUT2D eigenvalue weighted by atomic mass is 9.95. The number of anilines is 1. The molecule has 1 fully saturated rings. The largest absolute Gasteiger partial charge is 0.497 e. The fourth-order valence-corrected chi connectivity index (χ4v) is 3.54. The molecule has 8 nitrogen and oxygen atoms in total. The summed E-state index contributed by atoms with van der Waals surface area (Å²) in [6, 6.07) is 12.7. The Bertz CT molecular complexity index is 1010. The molecular weight excluding hydrogens is 382 g/mol. The lowest BCUT2D eigenvalue weighted by molar-refractivity contribution is -0.121. The van der Waals surface area contributed by atoms with Gasteiger partial charge in [0.2, 0.25) is 5.91 Å². The number of likely N-dealkylation sites (tertiary alicyclic amines) is 1. The number of nitrogens with one attached hydrogen (secondary N) is 2. The topological polar surface area (TPSA) is 100 Å². The molecule has 1 saturated heterocycles. The quantitative estimate of drug-likeness (QED) is 0.680. The van der Waals surface area contributed by atoms with Crippen molar-refractivity contribution in [2.24, 2.45) is 5.92 Å². The summed E-state index contributed by atoms with van der Waals surface area (Å²) in [7, 11) is 1.60. The van der Waals surface area contributed by atoms with E-state index in [-0.39, 0.29) is 17.7 Å². The molecule has 0 radical (unpaired) electrons. The maximum Gasteiger partial charge on any atom is 0.274 e. The summed E-state index contributed by atoms with van der Waals surface area (Å²) in [5, 5.41) is 10.0. The standard InChI is InChI=1S/C22H23N5O3/c1-30-18-4-2-17(3-5-18)24-21(28)16-8-12-27(13-9-16)22(29)20-14-19(25-26-20)15-6-10-23-11-7-15/h2-7,10-11,14,16H,8-9,12-13H2,1H3,(H,24,28)(H,25,26). The number of amides is 2. The molecule has 3 aromatic rings. The molecule has 3 heterocycles. The van der Waals surface area contributed by atoms with Crippen LogP contribution in [0.1, 0.15) is 23.3 Å². The van der Waals surface area contributed by atoms with Crippen molar-refractivity contribution in [1.29, 1.82) is 0 Å². The number of aromatic amines is 1. The van der Waals surface area contributed by atoms with E-state index in [1.54, 1.807) is 42.6 Å². The first-order valence-corrected chi connectivity index (χ1v) is 9.84. The minimum Gasteiger partial charge on any atom is -0.497 e. The molecule has 1 aromatic carbocycles. The highest BCUT2D eigenvalue weighted by molar-refractivity contribution is 5.95. The number of carbonyl (C=O) groups is 2. The van der Waals surface area contributed by atoms with Gasteiger partial charge in [-0.05, 0) is 55.3 Å². The predicted molar refractivity (Wildman–Crippen MR) is 112 cm³/mol. The number of piperidine rings is 1. The van der Waals surface area contributed by atoms with Gasteiger partial charge in [0.15, 0.2) is 5.69 Å². The first-order valence-electron chi connectivity index (χ1n) is 9.84. The molecule has 1 aliphatic rings. The zero-order valence-corrected chi connectivity index (χ0v) is 16.7. The molecule has 2 aromatic heterocycles. The van der Waals surface area contributed by atoms with Crippen molar-refractivity contribution >= 4 is 17.5 Å². The van der Waals surface area contributed by atoms with Crippen LogP contribution in [0.25, 0.3) is 11.3 Å². The Morgan fingerprint density at radius 1 is 1.10 bits per heavy atom. The van der Waals surface area contributed by atoms with Gasteiger partial charge in [-0.25, -0.2) is 0 Å². The maximum absolute atomic E-state index is 12.8. The number of rotatable bonds is 5. The second-order valence-corrected chi connectivity index (χ2v) is 7.19. The molecule has 0 atom stereocenters. The highest BCUT2D eigenvalue weighted by atomic mass is 16.5. The molecule has 2 amide bonds. The van der Waals surface area contributed by atoms with E-state index in [9.17, 15) is 9.59 Å². The number of hydrogen-bond donors (Lipinski definition) is 2. The van der Waals surface area contributed by atoms with Crippen LogP contribution in [0.3, 0.4) is 0 Å². The molecule has 0 spiro atoms. The third kappa shape index (κ3) is 4.32. The Morgan fingerprint density at radius 2 is 1.80 bits per heavy atom. The van der Waals surface area contributed by atoms with E-state index in [1.165, 1.54) is 0 Å². The maximum atomic E-state index is 12.8. The molecule has 1 aliphatic heterocycles. The highest BCUT2D eigenvalue weighted by Crippen LogP contribution is 2.23. The SMILES string of the molecule is COc1ccc(NC(=O)C2CCN(C(=O)c3cc(-c4ccncc4)[nH]n3)CC2)cc1. The van der Waals surface area contributed by atoms with Gasteiger partial charge in [0, 0.05) is 42.7 Å². The normalized spacial score (nSPS) is 14.4. The number of hydrogen-bond acceptors (Lipinski definition) is 5. The van der Waals surface area contributed by atoms with E-state index in [0.717, 1.165) is 22.7 Å². The Labute approximate surface area is 174 Å². The third-order valence-corrected chi connectivity index (χ3v) is 5.30. The zero-order chi connectivity index (χ0) is 20.9. The summed E-state index contributed by atoms with van der Waals surface area (Å²) in [5.74, 6) is 0.473. The molecule has 2 N–H and O–H groups in total. The van der Waals surface area contributed by atoms with Crippen molar-refractivity contribution in [3.63, 3.8) is 0 Å². The second-order valence-electron chi connectivity index (χ2n) is 7.19. The van der Waals surface area contributed by atoms with E-state index < -0.39 is 0 Å². The van der Waals surface area contributed by atoms with Crippen molar-refractivity contribution in [3.8, 4) is 17.0 Å². The molecule has 154 valence electrons. The molecule has 0 bridgehead atoms. The average molecular weight is 405 g/mol. The monoisotopic (exact) mass is 405 g/mol. The number of benzene rings is 1. The molecule has 30 heavy (non-hydrogen) atoms. The van der Waals surface area contributed by atoms with Gasteiger partial charge in [0.05, 0.1) is 12.8 Å². The van der Waals surface area contributed by atoms with Crippen molar-refractivity contribution in [2.45, 2.75) is 12.8 Å². The number of carbonyl (C=O) groups excluding carboxylic acids is 2. The van der Waals surface area contributed by atoms with Crippen LogP contribution in [0.4, 0.5) is 5.69 Å². The van der Waals surface area contributed by atoms with Crippen LogP contribution < -0.4 is 10.1 Å². The van der Waals surface area contributed by atoms with Crippen LogP contribution in [-0.2, 0) is 4.79 Å². The Hall–Kier alpha value is -3.68.